The molecular weight excluding hydrogens is 228 g/mol. The molecule has 0 aliphatic carbocycles. The van der Waals surface area contributed by atoms with E-state index in [9.17, 15) is 9.59 Å². The Bertz CT molecular complexity index is 296. The van der Waals surface area contributed by atoms with Crippen LogP contribution in [0.2, 0.25) is 0 Å². The van der Waals surface area contributed by atoms with Gasteiger partial charge in [0.15, 0.2) is 6.61 Å². The predicted octanol–water partition coefficient (Wildman–Crippen LogP) is 1.40. The number of ether oxygens (including phenoxy) is 4. The number of carbonyl (C=O) groups excluding carboxylic acids is 2. The summed E-state index contributed by atoms with van der Waals surface area (Å²) in [5, 5.41) is 0. The third-order valence-corrected chi connectivity index (χ3v) is 1.89. The van der Waals surface area contributed by atoms with Crippen molar-refractivity contribution in [3.05, 3.63) is 11.8 Å². The molecule has 0 radical (unpaired) electrons. The van der Waals surface area contributed by atoms with Crippen molar-refractivity contribution in [1.82, 2.24) is 0 Å². The minimum absolute atomic E-state index is 0.140. The van der Waals surface area contributed by atoms with Crippen LogP contribution in [0.25, 0.3) is 0 Å². The lowest BCUT2D eigenvalue weighted by molar-refractivity contribution is -0.144. The van der Waals surface area contributed by atoms with E-state index in [2.05, 4.69) is 9.47 Å². The van der Waals surface area contributed by atoms with E-state index >= 15 is 0 Å². The van der Waals surface area contributed by atoms with E-state index in [0.717, 1.165) is 6.42 Å². The second-order valence-electron chi connectivity index (χ2n) is 3.36. The molecule has 1 aliphatic heterocycles. The van der Waals surface area contributed by atoms with Gasteiger partial charge in [0.1, 0.15) is 5.76 Å². The van der Waals surface area contributed by atoms with Crippen LogP contribution in [0.5, 0.6) is 0 Å². The molecule has 0 amide bonds. The van der Waals surface area contributed by atoms with Crippen LogP contribution in [0.3, 0.4) is 0 Å². The maximum absolute atomic E-state index is 11.1. The maximum atomic E-state index is 11.1. The van der Waals surface area contributed by atoms with Gasteiger partial charge in [-0.3, -0.25) is 4.79 Å². The van der Waals surface area contributed by atoms with Crippen LogP contribution in [0.1, 0.15) is 19.8 Å². The predicted molar refractivity (Wildman–Crippen MR) is 57.2 cm³/mol. The van der Waals surface area contributed by atoms with Crippen LogP contribution < -0.4 is 0 Å². The van der Waals surface area contributed by atoms with Gasteiger partial charge < -0.3 is 18.9 Å². The summed E-state index contributed by atoms with van der Waals surface area (Å²) in [5.74, 6) is 0.165. The Morgan fingerprint density at radius 1 is 1.47 bits per heavy atom. The lowest BCUT2D eigenvalue weighted by atomic mass is 10.4. The van der Waals surface area contributed by atoms with Crippen LogP contribution in [-0.4, -0.2) is 38.6 Å². The first kappa shape index (κ1) is 13.5. The van der Waals surface area contributed by atoms with Gasteiger partial charge in [-0.15, -0.1) is 0 Å². The van der Waals surface area contributed by atoms with E-state index in [0.29, 0.717) is 12.4 Å². The van der Waals surface area contributed by atoms with Crippen molar-refractivity contribution in [2.24, 2.45) is 0 Å². The summed E-state index contributed by atoms with van der Waals surface area (Å²) in [5.41, 5.74) is 0. The Hall–Kier alpha value is -1.56. The molecule has 0 saturated carbocycles. The second kappa shape index (κ2) is 7.67. The summed E-state index contributed by atoms with van der Waals surface area (Å²) in [4.78, 5) is 21.6. The molecule has 1 fully saturated rings. The minimum Gasteiger partial charge on any atom is -0.466 e. The smallest absolute Gasteiger partial charge is 0.466 e. The molecule has 0 spiro atoms. The van der Waals surface area contributed by atoms with Crippen molar-refractivity contribution in [2.75, 3.05) is 26.4 Å². The van der Waals surface area contributed by atoms with Crippen molar-refractivity contribution in [2.45, 2.75) is 19.8 Å². The molecule has 1 saturated heterocycles. The molecule has 0 aromatic carbocycles. The first-order valence-corrected chi connectivity index (χ1v) is 5.49. The summed E-state index contributed by atoms with van der Waals surface area (Å²) >= 11 is 0. The zero-order valence-corrected chi connectivity index (χ0v) is 9.77. The molecule has 0 unspecified atom stereocenters. The highest BCUT2D eigenvalue weighted by molar-refractivity contribution is 5.69. The molecule has 0 N–H and O–H groups in total. The topological polar surface area (TPSA) is 71.1 Å². The molecule has 1 aliphatic rings. The van der Waals surface area contributed by atoms with Gasteiger partial charge >= 0.3 is 12.1 Å². The first-order valence-electron chi connectivity index (χ1n) is 5.49. The fourth-order valence-corrected chi connectivity index (χ4v) is 1.08. The van der Waals surface area contributed by atoms with Crippen molar-refractivity contribution in [1.29, 1.82) is 0 Å². The van der Waals surface area contributed by atoms with Crippen LogP contribution in [0.15, 0.2) is 11.8 Å². The van der Waals surface area contributed by atoms with Crippen molar-refractivity contribution in [3.8, 4) is 0 Å². The summed E-state index contributed by atoms with van der Waals surface area (Å²) in [7, 11) is 0. The molecule has 96 valence electrons. The molecule has 1 rings (SSSR count). The van der Waals surface area contributed by atoms with Crippen molar-refractivity contribution < 1.29 is 28.5 Å². The maximum Gasteiger partial charge on any atom is 0.514 e. The lowest BCUT2D eigenvalue weighted by Gasteiger charge is -2.03. The molecule has 0 aromatic heterocycles. The van der Waals surface area contributed by atoms with Crippen molar-refractivity contribution >= 4 is 12.1 Å². The zero-order valence-electron chi connectivity index (χ0n) is 9.77. The number of carbonyl (C=O) groups is 2. The second-order valence-corrected chi connectivity index (χ2v) is 3.36. The lowest BCUT2D eigenvalue weighted by Crippen LogP contribution is -2.09. The van der Waals surface area contributed by atoms with E-state index < -0.39 is 6.16 Å². The Balaban J connectivity index is 2.01. The van der Waals surface area contributed by atoms with Gasteiger partial charge in [0.25, 0.3) is 0 Å². The number of cyclic esters (lactones) is 2. The fraction of sp³-hybridized carbons (Fsp3) is 0.636. The number of hydrogen-bond acceptors (Lipinski definition) is 6. The third-order valence-electron chi connectivity index (χ3n) is 1.89. The average molecular weight is 244 g/mol. The van der Waals surface area contributed by atoms with Crippen LogP contribution in [0.4, 0.5) is 4.79 Å². The number of rotatable bonds is 7. The van der Waals surface area contributed by atoms with Crippen LogP contribution in [0, 0.1) is 0 Å². The summed E-state index contributed by atoms with van der Waals surface area (Å²) in [6, 6.07) is 0. The summed E-state index contributed by atoms with van der Waals surface area (Å²) in [6.07, 6.45) is 1.94. The SMILES string of the molecule is CCCOC(=O)CCOCC=C1COC(=O)O1. The fourth-order valence-electron chi connectivity index (χ4n) is 1.08. The molecule has 17 heavy (non-hydrogen) atoms. The van der Waals surface area contributed by atoms with Gasteiger partial charge in [-0.2, -0.15) is 0 Å². The Morgan fingerprint density at radius 2 is 2.29 bits per heavy atom. The van der Waals surface area contributed by atoms with E-state index in [1.807, 2.05) is 6.92 Å². The number of esters is 1. The molecule has 0 atom stereocenters. The normalized spacial score (nSPS) is 16.8. The Labute approximate surface area is 99.5 Å². The van der Waals surface area contributed by atoms with Gasteiger partial charge in [0.2, 0.25) is 0 Å². The molecule has 1 heterocycles. The highest BCUT2D eigenvalue weighted by atomic mass is 16.8. The Kier molecular flexibility index (Phi) is 6.09. The molecule has 6 heteroatoms. The van der Waals surface area contributed by atoms with E-state index in [1.54, 1.807) is 6.08 Å². The van der Waals surface area contributed by atoms with Crippen molar-refractivity contribution in [3.63, 3.8) is 0 Å². The average Bonchev–Trinajstić information content (AvgIpc) is 2.72. The van der Waals surface area contributed by atoms with Gasteiger partial charge in [-0.1, -0.05) is 6.92 Å². The van der Waals surface area contributed by atoms with E-state index in [1.165, 1.54) is 0 Å². The largest absolute Gasteiger partial charge is 0.514 e. The highest BCUT2D eigenvalue weighted by Gasteiger charge is 2.17. The van der Waals surface area contributed by atoms with Gasteiger partial charge in [-0.05, 0) is 12.5 Å². The van der Waals surface area contributed by atoms with Crippen LogP contribution in [-0.2, 0) is 23.7 Å². The number of hydrogen-bond donors (Lipinski definition) is 0. The van der Waals surface area contributed by atoms with Gasteiger partial charge in [0, 0.05) is 0 Å². The summed E-state index contributed by atoms with van der Waals surface area (Å²) in [6.45, 7) is 3.06. The van der Waals surface area contributed by atoms with Gasteiger partial charge in [0.05, 0.1) is 26.2 Å². The standard InChI is InChI=1S/C11H16O6/c1-2-5-15-10(12)4-7-14-6-3-9-8-16-11(13)17-9/h3H,2,4-8H2,1H3. The molecule has 0 aromatic rings. The molecular formula is C11H16O6. The zero-order chi connectivity index (χ0) is 12.5. The van der Waals surface area contributed by atoms with E-state index in [-0.39, 0.29) is 32.2 Å². The van der Waals surface area contributed by atoms with Crippen LogP contribution >= 0.6 is 0 Å². The Morgan fingerprint density at radius 3 is 2.94 bits per heavy atom. The minimum atomic E-state index is -0.695. The van der Waals surface area contributed by atoms with Gasteiger partial charge in [-0.25, -0.2) is 4.79 Å². The first-order chi connectivity index (χ1) is 8.22. The summed E-state index contributed by atoms with van der Waals surface area (Å²) < 4.78 is 19.2. The third kappa shape index (κ3) is 5.91. The monoisotopic (exact) mass is 244 g/mol. The highest BCUT2D eigenvalue weighted by Crippen LogP contribution is 2.09. The quantitative estimate of drug-likeness (QED) is 0.498. The molecule has 0 bridgehead atoms. The van der Waals surface area contributed by atoms with E-state index in [4.69, 9.17) is 9.47 Å². The molecule has 6 nitrogen and oxygen atoms in total.